The van der Waals surface area contributed by atoms with Crippen molar-refractivity contribution in [3.63, 3.8) is 0 Å². The molecule has 0 saturated carbocycles. The van der Waals surface area contributed by atoms with Crippen molar-refractivity contribution < 1.29 is 5.11 Å². The molecule has 3 rings (SSSR count). The Morgan fingerprint density at radius 3 is 3.05 bits per heavy atom. The summed E-state index contributed by atoms with van der Waals surface area (Å²) in [7, 11) is 0. The highest BCUT2D eigenvalue weighted by Gasteiger charge is 2.24. The molecule has 2 atom stereocenters. The Kier molecular flexibility index (Phi) is 4.10. The Balaban J connectivity index is 1.65. The maximum Gasteiger partial charge on any atom is 0.0915 e. The number of thiazole rings is 1. The number of hydrogen-bond acceptors (Lipinski definition) is 5. The van der Waals surface area contributed by atoms with Gasteiger partial charge in [0.25, 0.3) is 0 Å². The van der Waals surface area contributed by atoms with Gasteiger partial charge in [0.05, 0.1) is 16.8 Å². The summed E-state index contributed by atoms with van der Waals surface area (Å²) in [5.41, 5.74) is 2.15. The number of fused-ring (bicyclic) bond motifs is 1. The lowest BCUT2D eigenvalue weighted by molar-refractivity contribution is 0.168. The molecule has 0 amide bonds. The molecule has 5 heteroatoms. The largest absolute Gasteiger partial charge is 0.387 e. The van der Waals surface area contributed by atoms with Crippen LogP contribution in [0.5, 0.6) is 0 Å². The fourth-order valence-electron chi connectivity index (χ4n) is 2.69. The van der Waals surface area contributed by atoms with Crippen molar-refractivity contribution in [2.45, 2.75) is 38.3 Å². The summed E-state index contributed by atoms with van der Waals surface area (Å²) in [4.78, 5) is 9.92. The predicted octanol–water partition coefficient (Wildman–Crippen LogP) is 2.55. The van der Waals surface area contributed by atoms with Crippen LogP contribution in [0.15, 0.2) is 24.5 Å². The van der Waals surface area contributed by atoms with Gasteiger partial charge >= 0.3 is 0 Å². The van der Waals surface area contributed by atoms with E-state index in [0.29, 0.717) is 12.6 Å². The van der Waals surface area contributed by atoms with Crippen molar-refractivity contribution >= 4 is 11.3 Å². The third kappa shape index (κ3) is 2.90. The fraction of sp³-hybridized carbons (Fsp3) is 0.467. The second-order valence-electron chi connectivity index (χ2n) is 5.19. The quantitative estimate of drug-likeness (QED) is 0.908. The van der Waals surface area contributed by atoms with Crippen LogP contribution in [0.25, 0.3) is 0 Å². The van der Waals surface area contributed by atoms with Gasteiger partial charge in [-0.15, -0.1) is 11.3 Å². The molecule has 0 bridgehead atoms. The van der Waals surface area contributed by atoms with Crippen molar-refractivity contribution in [2.75, 3.05) is 6.54 Å². The normalized spacial score (nSPS) is 19.6. The Labute approximate surface area is 122 Å². The van der Waals surface area contributed by atoms with Crippen molar-refractivity contribution in [1.82, 2.24) is 15.3 Å². The van der Waals surface area contributed by atoms with Crippen LogP contribution < -0.4 is 5.32 Å². The first kappa shape index (κ1) is 13.7. The molecule has 2 heterocycles. The molecular weight excluding hydrogens is 270 g/mol. The Bertz CT molecular complexity index is 570. The second kappa shape index (κ2) is 5.99. The van der Waals surface area contributed by atoms with E-state index in [9.17, 15) is 5.11 Å². The second-order valence-corrected chi connectivity index (χ2v) is 6.43. The van der Waals surface area contributed by atoms with Gasteiger partial charge in [-0.25, -0.2) is 4.98 Å². The average molecular weight is 289 g/mol. The summed E-state index contributed by atoms with van der Waals surface area (Å²) in [6.45, 7) is 2.62. The van der Waals surface area contributed by atoms with E-state index in [-0.39, 0.29) is 0 Å². The molecule has 106 valence electrons. The molecule has 1 aliphatic rings. The van der Waals surface area contributed by atoms with Crippen molar-refractivity contribution in [2.24, 2.45) is 0 Å². The van der Waals surface area contributed by atoms with Crippen LogP contribution in [0, 0.1) is 6.92 Å². The van der Waals surface area contributed by atoms with Crippen LogP contribution in [-0.4, -0.2) is 21.6 Å². The molecule has 2 aromatic rings. The molecule has 0 spiro atoms. The van der Waals surface area contributed by atoms with Crippen molar-refractivity contribution in [3.05, 3.63) is 45.7 Å². The minimum atomic E-state index is -0.489. The van der Waals surface area contributed by atoms with Gasteiger partial charge in [-0.05, 0) is 43.9 Å². The summed E-state index contributed by atoms with van der Waals surface area (Å²) in [5.74, 6) is 0. The number of pyridine rings is 1. The number of aryl methyl sites for hydroxylation is 2. The van der Waals surface area contributed by atoms with Gasteiger partial charge in [0.2, 0.25) is 0 Å². The molecular formula is C15H19N3OS. The van der Waals surface area contributed by atoms with Gasteiger partial charge in [-0.2, -0.15) is 0 Å². The molecule has 0 aliphatic heterocycles. The van der Waals surface area contributed by atoms with Gasteiger partial charge < -0.3 is 10.4 Å². The fourth-order valence-corrected chi connectivity index (χ4v) is 3.78. The van der Waals surface area contributed by atoms with Crippen molar-refractivity contribution in [1.29, 1.82) is 0 Å². The first-order chi connectivity index (χ1) is 9.74. The minimum Gasteiger partial charge on any atom is -0.387 e. The van der Waals surface area contributed by atoms with Crippen LogP contribution >= 0.6 is 11.3 Å². The number of hydrogen-bond donors (Lipinski definition) is 2. The van der Waals surface area contributed by atoms with Crippen LogP contribution in [0.1, 0.15) is 46.1 Å². The number of aliphatic hydroxyl groups excluding tert-OH is 1. The summed E-state index contributed by atoms with van der Waals surface area (Å²) in [5, 5.41) is 14.8. The molecule has 0 saturated heterocycles. The van der Waals surface area contributed by atoms with Crippen LogP contribution in [0.3, 0.4) is 0 Å². The monoisotopic (exact) mass is 289 g/mol. The van der Waals surface area contributed by atoms with Gasteiger partial charge in [0.15, 0.2) is 0 Å². The van der Waals surface area contributed by atoms with E-state index < -0.39 is 6.10 Å². The molecule has 0 fully saturated rings. The molecule has 20 heavy (non-hydrogen) atoms. The van der Waals surface area contributed by atoms with E-state index in [4.69, 9.17) is 0 Å². The Hall–Kier alpha value is -1.30. The third-order valence-corrected chi connectivity index (χ3v) is 4.83. The number of aliphatic hydroxyl groups is 1. The number of rotatable bonds is 4. The predicted molar refractivity (Wildman–Crippen MR) is 79.7 cm³/mol. The lowest BCUT2D eigenvalue weighted by atomic mass is 9.97. The lowest BCUT2D eigenvalue weighted by Crippen LogP contribution is -2.28. The zero-order chi connectivity index (χ0) is 13.9. The zero-order valence-electron chi connectivity index (χ0n) is 11.5. The SMILES string of the molecule is Cc1nc2c(s1)C(NCC(O)c1ccncc1)CCC2. The van der Waals surface area contributed by atoms with E-state index in [1.54, 1.807) is 23.7 Å². The van der Waals surface area contributed by atoms with E-state index in [0.717, 1.165) is 23.4 Å². The van der Waals surface area contributed by atoms with Crippen molar-refractivity contribution in [3.8, 4) is 0 Å². The van der Waals surface area contributed by atoms with Crippen LogP contribution in [0.4, 0.5) is 0 Å². The first-order valence-corrected chi connectivity index (χ1v) is 7.83. The van der Waals surface area contributed by atoms with E-state index in [1.165, 1.54) is 17.0 Å². The first-order valence-electron chi connectivity index (χ1n) is 7.01. The highest BCUT2D eigenvalue weighted by Crippen LogP contribution is 2.34. The number of aromatic nitrogens is 2. The van der Waals surface area contributed by atoms with Crippen LogP contribution in [-0.2, 0) is 6.42 Å². The summed E-state index contributed by atoms with van der Waals surface area (Å²) < 4.78 is 0. The van der Waals surface area contributed by atoms with E-state index in [1.807, 2.05) is 12.1 Å². The van der Waals surface area contributed by atoms with Crippen LogP contribution in [0.2, 0.25) is 0 Å². The molecule has 2 unspecified atom stereocenters. The van der Waals surface area contributed by atoms with Gasteiger partial charge in [-0.1, -0.05) is 0 Å². The average Bonchev–Trinajstić information content (AvgIpc) is 2.86. The van der Waals surface area contributed by atoms with E-state index >= 15 is 0 Å². The Morgan fingerprint density at radius 2 is 2.25 bits per heavy atom. The summed E-state index contributed by atoms with van der Waals surface area (Å²) in [6.07, 6.45) is 6.31. The maximum absolute atomic E-state index is 10.2. The number of nitrogens with one attached hydrogen (secondary N) is 1. The van der Waals surface area contributed by atoms with Gasteiger partial charge in [0, 0.05) is 29.9 Å². The highest BCUT2D eigenvalue weighted by atomic mass is 32.1. The topological polar surface area (TPSA) is 58.0 Å². The molecule has 2 N–H and O–H groups in total. The lowest BCUT2D eigenvalue weighted by Gasteiger charge is -2.24. The summed E-state index contributed by atoms with van der Waals surface area (Å²) >= 11 is 1.78. The van der Waals surface area contributed by atoms with Gasteiger partial charge in [0.1, 0.15) is 0 Å². The maximum atomic E-state index is 10.2. The summed E-state index contributed by atoms with van der Waals surface area (Å²) in [6, 6.07) is 4.05. The molecule has 1 aliphatic carbocycles. The molecule has 0 radical (unpaired) electrons. The van der Waals surface area contributed by atoms with Gasteiger partial charge in [-0.3, -0.25) is 4.98 Å². The highest BCUT2D eigenvalue weighted by molar-refractivity contribution is 7.11. The minimum absolute atomic E-state index is 0.335. The Morgan fingerprint density at radius 1 is 1.45 bits per heavy atom. The molecule has 0 aromatic carbocycles. The molecule has 2 aromatic heterocycles. The number of nitrogens with zero attached hydrogens (tertiary/aromatic N) is 2. The smallest absolute Gasteiger partial charge is 0.0915 e. The van der Waals surface area contributed by atoms with E-state index in [2.05, 4.69) is 22.2 Å². The zero-order valence-corrected chi connectivity index (χ0v) is 12.4. The molecule has 4 nitrogen and oxygen atoms in total. The third-order valence-electron chi connectivity index (χ3n) is 3.71. The standard InChI is InChI=1S/C15H19N3OS/c1-10-18-13-4-2-3-12(15(13)20-10)17-9-14(19)11-5-7-16-8-6-11/h5-8,12,14,17,19H,2-4,9H2,1H3.